The Hall–Kier alpha value is -2.48. The molecule has 0 aliphatic carbocycles. The Balaban J connectivity index is 1.42. The summed E-state index contributed by atoms with van der Waals surface area (Å²) in [5.41, 5.74) is 0.779. The molecular weight excluding hydrogens is 359 g/mol. The van der Waals surface area contributed by atoms with Gasteiger partial charge in [-0.2, -0.15) is 0 Å². The SMILES string of the molecule is CN(CCC(=O)N1CCC[C@@H]1c1nnc2n1CCNCC2)c1cccc(F)c1. The summed E-state index contributed by atoms with van der Waals surface area (Å²) in [5, 5.41) is 12.2. The van der Waals surface area contributed by atoms with Crippen LogP contribution < -0.4 is 10.2 Å². The first-order valence-corrected chi connectivity index (χ1v) is 10.0. The van der Waals surface area contributed by atoms with Crippen molar-refractivity contribution in [2.45, 2.75) is 38.3 Å². The molecule has 1 amide bonds. The van der Waals surface area contributed by atoms with Crippen molar-refractivity contribution in [3.8, 4) is 0 Å². The summed E-state index contributed by atoms with van der Waals surface area (Å²) in [4.78, 5) is 16.8. The molecule has 0 bridgehead atoms. The van der Waals surface area contributed by atoms with Gasteiger partial charge in [0, 0.05) is 58.3 Å². The highest BCUT2D eigenvalue weighted by Crippen LogP contribution is 2.32. The van der Waals surface area contributed by atoms with Crippen LogP contribution in [0.1, 0.15) is 37.0 Å². The molecule has 3 heterocycles. The third-order valence-electron chi connectivity index (χ3n) is 5.67. The molecule has 1 atom stereocenters. The van der Waals surface area contributed by atoms with Crippen LogP contribution in [0.25, 0.3) is 0 Å². The zero-order valence-electron chi connectivity index (χ0n) is 16.3. The van der Waals surface area contributed by atoms with Gasteiger partial charge < -0.3 is 19.7 Å². The van der Waals surface area contributed by atoms with E-state index in [0.29, 0.717) is 13.0 Å². The number of fused-ring (bicyclic) bond motifs is 1. The first-order valence-electron chi connectivity index (χ1n) is 10.0. The van der Waals surface area contributed by atoms with Crippen molar-refractivity contribution in [1.82, 2.24) is 25.0 Å². The largest absolute Gasteiger partial charge is 0.374 e. The molecule has 0 radical (unpaired) electrons. The molecule has 7 nitrogen and oxygen atoms in total. The molecule has 0 unspecified atom stereocenters. The minimum absolute atomic E-state index is 0.00586. The molecule has 2 aliphatic rings. The molecule has 1 saturated heterocycles. The van der Waals surface area contributed by atoms with E-state index < -0.39 is 0 Å². The number of likely N-dealkylation sites (tertiary alicyclic amines) is 1. The lowest BCUT2D eigenvalue weighted by Gasteiger charge is -2.26. The predicted molar refractivity (Wildman–Crippen MR) is 105 cm³/mol. The van der Waals surface area contributed by atoms with Gasteiger partial charge in [-0.15, -0.1) is 10.2 Å². The summed E-state index contributed by atoms with van der Waals surface area (Å²) in [5.74, 6) is 1.78. The molecule has 0 spiro atoms. The maximum atomic E-state index is 13.4. The van der Waals surface area contributed by atoms with Crippen molar-refractivity contribution >= 4 is 11.6 Å². The maximum absolute atomic E-state index is 13.4. The molecule has 4 rings (SSSR count). The molecule has 2 aromatic rings. The minimum Gasteiger partial charge on any atom is -0.374 e. The number of carbonyl (C=O) groups is 1. The lowest BCUT2D eigenvalue weighted by molar-refractivity contribution is -0.132. The van der Waals surface area contributed by atoms with E-state index in [9.17, 15) is 9.18 Å². The quantitative estimate of drug-likeness (QED) is 0.848. The van der Waals surface area contributed by atoms with Crippen LogP contribution in [0, 0.1) is 5.82 Å². The van der Waals surface area contributed by atoms with Crippen LogP contribution in [0.2, 0.25) is 0 Å². The third-order valence-corrected chi connectivity index (χ3v) is 5.67. The number of nitrogens with zero attached hydrogens (tertiary/aromatic N) is 5. The fraction of sp³-hybridized carbons (Fsp3) is 0.550. The van der Waals surface area contributed by atoms with Crippen molar-refractivity contribution in [2.24, 2.45) is 0 Å². The number of carbonyl (C=O) groups excluding carboxylic acids is 1. The van der Waals surface area contributed by atoms with Gasteiger partial charge in [0.05, 0.1) is 6.04 Å². The van der Waals surface area contributed by atoms with Gasteiger partial charge in [0.25, 0.3) is 0 Å². The summed E-state index contributed by atoms with van der Waals surface area (Å²) < 4.78 is 15.6. The number of anilines is 1. The molecule has 0 saturated carbocycles. The number of benzene rings is 1. The first kappa shape index (κ1) is 18.9. The first-order chi connectivity index (χ1) is 13.6. The number of hydrogen-bond donors (Lipinski definition) is 1. The zero-order chi connectivity index (χ0) is 19.5. The third kappa shape index (κ3) is 3.87. The van der Waals surface area contributed by atoms with E-state index in [4.69, 9.17) is 0 Å². The number of hydrogen-bond acceptors (Lipinski definition) is 5. The molecule has 28 heavy (non-hydrogen) atoms. The molecule has 8 heteroatoms. The number of halogens is 1. The summed E-state index contributed by atoms with van der Waals surface area (Å²) >= 11 is 0. The van der Waals surface area contributed by atoms with E-state index in [0.717, 1.165) is 62.8 Å². The van der Waals surface area contributed by atoms with Gasteiger partial charge in [-0.1, -0.05) is 6.07 Å². The number of nitrogens with one attached hydrogen (secondary N) is 1. The lowest BCUT2D eigenvalue weighted by atomic mass is 10.2. The normalized spacial score (nSPS) is 19.4. The van der Waals surface area contributed by atoms with E-state index in [1.54, 1.807) is 6.07 Å². The van der Waals surface area contributed by atoms with Crippen molar-refractivity contribution in [3.63, 3.8) is 0 Å². The molecule has 150 valence electrons. The Morgan fingerprint density at radius 2 is 2.21 bits per heavy atom. The van der Waals surface area contributed by atoms with Crippen LogP contribution in [-0.2, 0) is 17.8 Å². The number of rotatable bonds is 5. The predicted octanol–water partition coefficient (Wildman–Crippen LogP) is 1.75. The maximum Gasteiger partial charge on any atom is 0.224 e. The number of aromatic nitrogens is 3. The van der Waals surface area contributed by atoms with Crippen molar-refractivity contribution < 1.29 is 9.18 Å². The second kappa shape index (κ2) is 8.26. The highest BCUT2D eigenvalue weighted by molar-refractivity contribution is 5.77. The van der Waals surface area contributed by atoms with E-state index >= 15 is 0 Å². The summed E-state index contributed by atoms with van der Waals surface area (Å²) in [6, 6.07) is 6.46. The van der Waals surface area contributed by atoms with Gasteiger partial charge in [-0.25, -0.2) is 4.39 Å². The van der Waals surface area contributed by atoms with Crippen LogP contribution in [0.4, 0.5) is 10.1 Å². The fourth-order valence-corrected chi connectivity index (χ4v) is 4.12. The Morgan fingerprint density at radius 3 is 3.07 bits per heavy atom. The van der Waals surface area contributed by atoms with E-state index in [1.807, 2.05) is 22.9 Å². The Bertz CT molecular complexity index is 838. The van der Waals surface area contributed by atoms with Gasteiger partial charge in [0.2, 0.25) is 5.91 Å². The Morgan fingerprint density at radius 1 is 1.32 bits per heavy atom. The molecule has 2 aliphatic heterocycles. The Kier molecular flexibility index (Phi) is 5.57. The second-order valence-corrected chi connectivity index (χ2v) is 7.52. The monoisotopic (exact) mass is 386 g/mol. The fourth-order valence-electron chi connectivity index (χ4n) is 4.12. The minimum atomic E-state index is -0.266. The van der Waals surface area contributed by atoms with Crippen molar-refractivity contribution in [2.75, 3.05) is 38.1 Å². The van der Waals surface area contributed by atoms with Gasteiger partial charge in [0.15, 0.2) is 5.82 Å². The summed E-state index contributed by atoms with van der Waals surface area (Å²) in [6.45, 7) is 3.97. The zero-order valence-corrected chi connectivity index (χ0v) is 16.3. The number of amides is 1. The average Bonchev–Trinajstić information content (AvgIpc) is 3.26. The molecule has 1 fully saturated rings. The van der Waals surface area contributed by atoms with Crippen molar-refractivity contribution in [3.05, 3.63) is 41.7 Å². The van der Waals surface area contributed by atoms with Gasteiger partial charge in [0.1, 0.15) is 11.6 Å². The van der Waals surface area contributed by atoms with E-state index in [-0.39, 0.29) is 17.8 Å². The van der Waals surface area contributed by atoms with E-state index in [1.165, 1.54) is 12.1 Å². The average molecular weight is 386 g/mol. The van der Waals surface area contributed by atoms with Crippen LogP contribution in [0.5, 0.6) is 0 Å². The van der Waals surface area contributed by atoms with Crippen LogP contribution >= 0.6 is 0 Å². The highest BCUT2D eigenvalue weighted by Gasteiger charge is 2.34. The standard InChI is InChI=1S/C20H27FN6O/c1-25(16-5-2-4-15(21)14-16)12-8-19(28)26-11-3-6-17(26)20-24-23-18-7-9-22-10-13-27(18)20/h2,4-5,14,17,22H,3,6-13H2,1H3/t17-/m1/s1. The van der Waals surface area contributed by atoms with Gasteiger partial charge in [-0.3, -0.25) is 4.79 Å². The molecule has 1 N–H and O–H groups in total. The molecule has 1 aromatic heterocycles. The van der Waals surface area contributed by atoms with Crippen molar-refractivity contribution in [1.29, 1.82) is 0 Å². The van der Waals surface area contributed by atoms with Gasteiger partial charge >= 0.3 is 0 Å². The highest BCUT2D eigenvalue weighted by atomic mass is 19.1. The van der Waals surface area contributed by atoms with Gasteiger partial charge in [-0.05, 0) is 31.0 Å². The van der Waals surface area contributed by atoms with Crippen LogP contribution in [0.15, 0.2) is 24.3 Å². The summed E-state index contributed by atoms with van der Waals surface area (Å²) in [6.07, 6.45) is 3.17. The van der Waals surface area contributed by atoms with Crippen LogP contribution in [0.3, 0.4) is 0 Å². The second-order valence-electron chi connectivity index (χ2n) is 7.52. The van der Waals surface area contributed by atoms with Crippen LogP contribution in [-0.4, -0.2) is 58.8 Å². The Labute approximate surface area is 164 Å². The van der Waals surface area contributed by atoms with E-state index in [2.05, 4.69) is 20.1 Å². The lowest BCUT2D eigenvalue weighted by Crippen LogP contribution is -2.34. The molecule has 1 aromatic carbocycles. The topological polar surface area (TPSA) is 66.3 Å². The smallest absolute Gasteiger partial charge is 0.224 e. The summed E-state index contributed by atoms with van der Waals surface area (Å²) in [7, 11) is 1.88. The molecular formula is C20H27FN6O.